The summed E-state index contributed by atoms with van der Waals surface area (Å²) in [4.78, 5) is 37.2. The van der Waals surface area contributed by atoms with Gasteiger partial charge in [-0.3, -0.25) is 14.4 Å². The summed E-state index contributed by atoms with van der Waals surface area (Å²) >= 11 is 0. The molecule has 29 heavy (non-hydrogen) atoms. The van der Waals surface area contributed by atoms with Gasteiger partial charge in [0.1, 0.15) is 5.75 Å². The standard InChI is InChI=1S/C22H25N3O4/c1-3-15-6-4-5-14(2)21(15)24-19(26)13-29-18-9-7-17(8-10-18)25-12-16(22(23)28)11-20(25)27/h4-10,16H,3,11-13H2,1-2H3,(H2,23,28)(H,24,26)/t16-/m1/s1. The highest BCUT2D eigenvalue weighted by atomic mass is 16.5. The molecule has 3 rings (SSSR count). The van der Waals surface area contributed by atoms with E-state index in [9.17, 15) is 14.4 Å². The lowest BCUT2D eigenvalue weighted by molar-refractivity contribution is -0.123. The molecule has 0 bridgehead atoms. The van der Waals surface area contributed by atoms with Crippen molar-refractivity contribution in [2.75, 3.05) is 23.4 Å². The van der Waals surface area contributed by atoms with Gasteiger partial charge in [0.05, 0.1) is 5.92 Å². The summed E-state index contributed by atoms with van der Waals surface area (Å²) < 4.78 is 5.57. The Kier molecular flexibility index (Phi) is 6.16. The first-order valence-corrected chi connectivity index (χ1v) is 9.60. The fraction of sp³-hybridized carbons (Fsp3) is 0.318. The summed E-state index contributed by atoms with van der Waals surface area (Å²) in [5.74, 6) is -0.783. The average molecular weight is 395 g/mol. The Morgan fingerprint density at radius 3 is 2.55 bits per heavy atom. The number of nitrogens with one attached hydrogen (secondary N) is 1. The van der Waals surface area contributed by atoms with E-state index in [1.165, 1.54) is 4.90 Å². The van der Waals surface area contributed by atoms with Gasteiger partial charge in [-0.25, -0.2) is 0 Å². The molecule has 1 fully saturated rings. The van der Waals surface area contributed by atoms with Crippen LogP contribution in [0.2, 0.25) is 0 Å². The van der Waals surface area contributed by atoms with Gasteiger partial charge in [-0.2, -0.15) is 0 Å². The smallest absolute Gasteiger partial charge is 0.262 e. The predicted molar refractivity (Wildman–Crippen MR) is 111 cm³/mol. The topological polar surface area (TPSA) is 102 Å². The highest BCUT2D eigenvalue weighted by molar-refractivity contribution is 6.00. The predicted octanol–water partition coefficient (Wildman–Crippen LogP) is 2.41. The van der Waals surface area contributed by atoms with Crippen LogP contribution in [0, 0.1) is 12.8 Å². The molecule has 0 unspecified atom stereocenters. The molecule has 1 aliphatic heterocycles. The van der Waals surface area contributed by atoms with Crippen molar-refractivity contribution in [3.8, 4) is 5.75 Å². The number of benzene rings is 2. The average Bonchev–Trinajstić information content (AvgIpc) is 3.10. The normalized spacial score (nSPS) is 16.0. The zero-order valence-electron chi connectivity index (χ0n) is 16.6. The Morgan fingerprint density at radius 2 is 1.93 bits per heavy atom. The number of ether oxygens (including phenoxy) is 1. The number of anilines is 2. The summed E-state index contributed by atoms with van der Waals surface area (Å²) in [7, 11) is 0. The SMILES string of the molecule is CCc1cccc(C)c1NC(=O)COc1ccc(N2C[C@H](C(N)=O)CC2=O)cc1. The number of para-hydroxylation sites is 1. The van der Waals surface area contributed by atoms with Crippen molar-refractivity contribution < 1.29 is 19.1 Å². The summed E-state index contributed by atoms with van der Waals surface area (Å²) in [5, 5.41) is 2.92. The molecule has 3 N–H and O–H groups in total. The van der Waals surface area contributed by atoms with Gasteiger partial charge in [-0.05, 0) is 48.7 Å². The van der Waals surface area contributed by atoms with Crippen LogP contribution in [0.4, 0.5) is 11.4 Å². The number of hydrogen-bond acceptors (Lipinski definition) is 4. The molecular weight excluding hydrogens is 370 g/mol. The van der Waals surface area contributed by atoms with Crippen LogP contribution in [-0.4, -0.2) is 30.9 Å². The summed E-state index contributed by atoms with van der Waals surface area (Å²) in [6.45, 7) is 4.16. The Bertz CT molecular complexity index is 924. The molecule has 0 aromatic heterocycles. The number of carbonyl (C=O) groups excluding carboxylic acids is 3. The van der Waals surface area contributed by atoms with E-state index in [1.54, 1.807) is 24.3 Å². The van der Waals surface area contributed by atoms with Gasteiger partial charge < -0.3 is 20.7 Å². The van der Waals surface area contributed by atoms with Crippen LogP contribution in [0.5, 0.6) is 5.75 Å². The molecule has 0 aliphatic carbocycles. The molecule has 0 radical (unpaired) electrons. The zero-order chi connectivity index (χ0) is 21.0. The van der Waals surface area contributed by atoms with Gasteiger partial charge in [0.15, 0.2) is 6.61 Å². The van der Waals surface area contributed by atoms with E-state index < -0.39 is 11.8 Å². The Labute approximate surface area is 169 Å². The minimum atomic E-state index is -0.466. The first-order valence-electron chi connectivity index (χ1n) is 9.60. The highest BCUT2D eigenvalue weighted by Crippen LogP contribution is 2.27. The largest absolute Gasteiger partial charge is 0.484 e. The molecule has 7 heteroatoms. The fourth-order valence-corrected chi connectivity index (χ4v) is 3.40. The maximum atomic E-state index is 12.3. The second-order valence-corrected chi connectivity index (χ2v) is 7.10. The quantitative estimate of drug-likeness (QED) is 0.752. The summed E-state index contributed by atoms with van der Waals surface area (Å²) in [5.41, 5.74) is 8.88. The van der Waals surface area contributed by atoms with Crippen LogP contribution in [0.3, 0.4) is 0 Å². The number of hydrogen-bond donors (Lipinski definition) is 2. The van der Waals surface area contributed by atoms with Crippen molar-refractivity contribution in [2.24, 2.45) is 11.7 Å². The maximum Gasteiger partial charge on any atom is 0.262 e. The van der Waals surface area contributed by atoms with Crippen molar-refractivity contribution in [3.05, 3.63) is 53.6 Å². The van der Waals surface area contributed by atoms with E-state index in [1.807, 2.05) is 32.0 Å². The third-order valence-electron chi connectivity index (χ3n) is 5.05. The van der Waals surface area contributed by atoms with Gasteiger partial charge in [-0.1, -0.05) is 25.1 Å². The van der Waals surface area contributed by atoms with E-state index in [0.717, 1.165) is 23.2 Å². The lowest BCUT2D eigenvalue weighted by atomic mass is 10.1. The number of rotatable bonds is 7. The monoisotopic (exact) mass is 395 g/mol. The molecule has 1 heterocycles. The van der Waals surface area contributed by atoms with E-state index in [0.29, 0.717) is 11.4 Å². The molecule has 3 amide bonds. The van der Waals surface area contributed by atoms with Crippen LogP contribution in [0.15, 0.2) is 42.5 Å². The number of nitrogens with zero attached hydrogens (tertiary/aromatic N) is 1. The molecule has 152 valence electrons. The van der Waals surface area contributed by atoms with Gasteiger partial charge >= 0.3 is 0 Å². The molecule has 2 aromatic rings. The van der Waals surface area contributed by atoms with Gasteiger partial charge in [0.25, 0.3) is 5.91 Å². The van der Waals surface area contributed by atoms with E-state index in [-0.39, 0.29) is 31.4 Å². The van der Waals surface area contributed by atoms with Crippen molar-refractivity contribution >= 4 is 29.1 Å². The summed E-state index contributed by atoms with van der Waals surface area (Å²) in [6.07, 6.45) is 0.956. The van der Waals surface area contributed by atoms with Gasteiger partial charge in [0.2, 0.25) is 11.8 Å². The highest BCUT2D eigenvalue weighted by Gasteiger charge is 2.33. The number of nitrogens with two attached hydrogens (primary N) is 1. The number of primary amides is 1. The second kappa shape index (κ2) is 8.77. The van der Waals surface area contributed by atoms with E-state index in [4.69, 9.17) is 10.5 Å². The molecule has 1 saturated heterocycles. The molecule has 1 atom stereocenters. The molecule has 0 spiro atoms. The molecule has 1 aliphatic rings. The first-order chi connectivity index (χ1) is 13.9. The third kappa shape index (κ3) is 4.74. The Balaban J connectivity index is 1.58. The van der Waals surface area contributed by atoms with E-state index >= 15 is 0 Å². The number of carbonyl (C=O) groups is 3. The fourth-order valence-electron chi connectivity index (χ4n) is 3.40. The van der Waals surface area contributed by atoms with Crippen LogP contribution < -0.4 is 20.7 Å². The second-order valence-electron chi connectivity index (χ2n) is 7.10. The molecule has 2 aromatic carbocycles. The molecular formula is C22H25N3O4. The Hall–Kier alpha value is -3.35. The van der Waals surface area contributed by atoms with Crippen molar-refractivity contribution in [2.45, 2.75) is 26.7 Å². The van der Waals surface area contributed by atoms with Crippen molar-refractivity contribution in [3.63, 3.8) is 0 Å². The van der Waals surface area contributed by atoms with Crippen molar-refractivity contribution in [1.29, 1.82) is 0 Å². The lowest BCUT2D eigenvalue weighted by Gasteiger charge is -2.17. The van der Waals surface area contributed by atoms with Gasteiger partial charge in [0, 0.05) is 24.3 Å². The zero-order valence-corrected chi connectivity index (χ0v) is 16.6. The molecule has 7 nitrogen and oxygen atoms in total. The van der Waals surface area contributed by atoms with Crippen LogP contribution in [0.25, 0.3) is 0 Å². The maximum absolute atomic E-state index is 12.3. The van der Waals surface area contributed by atoms with E-state index in [2.05, 4.69) is 5.32 Å². The van der Waals surface area contributed by atoms with Gasteiger partial charge in [-0.15, -0.1) is 0 Å². The lowest BCUT2D eigenvalue weighted by Crippen LogP contribution is -2.28. The minimum absolute atomic E-state index is 0.122. The number of amides is 3. The van der Waals surface area contributed by atoms with Crippen LogP contribution in [0.1, 0.15) is 24.5 Å². The summed E-state index contributed by atoms with van der Waals surface area (Å²) in [6, 6.07) is 12.8. The van der Waals surface area contributed by atoms with Crippen molar-refractivity contribution in [1.82, 2.24) is 0 Å². The van der Waals surface area contributed by atoms with Crippen LogP contribution >= 0.6 is 0 Å². The Morgan fingerprint density at radius 1 is 1.21 bits per heavy atom. The molecule has 0 saturated carbocycles. The minimum Gasteiger partial charge on any atom is -0.484 e. The number of aryl methyl sites for hydroxylation is 2. The third-order valence-corrected chi connectivity index (χ3v) is 5.05. The first kappa shape index (κ1) is 20.4. The van der Waals surface area contributed by atoms with Crippen LogP contribution in [-0.2, 0) is 20.8 Å².